The van der Waals surface area contributed by atoms with Crippen molar-refractivity contribution in [3.05, 3.63) is 34.9 Å². The van der Waals surface area contributed by atoms with Crippen LogP contribution in [0.1, 0.15) is 23.6 Å². The molecule has 0 fully saturated rings. The van der Waals surface area contributed by atoms with E-state index in [1.807, 2.05) is 32.0 Å². The molecule has 2 heteroatoms. The second-order valence-electron chi connectivity index (χ2n) is 3.06. The summed E-state index contributed by atoms with van der Waals surface area (Å²) in [5.41, 5.74) is 3.29. The van der Waals surface area contributed by atoms with E-state index in [-0.39, 0.29) is 5.90 Å². The van der Waals surface area contributed by atoms with E-state index in [1.165, 1.54) is 11.1 Å². The Morgan fingerprint density at radius 1 is 1.31 bits per heavy atom. The van der Waals surface area contributed by atoms with Gasteiger partial charge in [-0.15, -0.1) is 0 Å². The first-order valence-corrected chi connectivity index (χ1v) is 4.44. The fourth-order valence-electron chi connectivity index (χ4n) is 1.11. The second kappa shape index (κ2) is 4.08. The molecule has 2 nitrogen and oxygen atoms in total. The third-order valence-electron chi connectivity index (χ3n) is 2.06. The van der Waals surface area contributed by atoms with Crippen LogP contribution >= 0.6 is 0 Å². The van der Waals surface area contributed by atoms with E-state index in [0.717, 1.165) is 5.56 Å². The van der Waals surface area contributed by atoms with E-state index < -0.39 is 0 Å². The van der Waals surface area contributed by atoms with Crippen LogP contribution < -0.4 is 0 Å². The Morgan fingerprint density at radius 3 is 2.54 bits per heavy atom. The Labute approximate surface area is 79.1 Å². The largest absolute Gasteiger partial charge is 0.478 e. The lowest BCUT2D eigenvalue weighted by Crippen LogP contribution is -2.04. The molecule has 0 saturated carbocycles. The van der Waals surface area contributed by atoms with Crippen molar-refractivity contribution in [3.8, 4) is 0 Å². The number of aryl methyl sites for hydroxylation is 2. The third kappa shape index (κ3) is 2.31. The highest BCUT2D eigenvalue weighted by Gasteiger charge is 2.02. The Bertz CT molecular complexity index is 318. The molecule has 1 aromatic rings. The summed E-state index contributed by atoms with van der Waals surface area (Å²) in [5.74, 6) is 0.255. The lowest BCUT2D eigenvalue weighted by atomic mass is 10.1. The van der Waals surface area contributed by atoms with Crippen LogP contribution in [0.3, 0.4) is 0 Å². The maximum atomic E-state index is 7.57. The van der Waals surface area contributed by atoms with Gasteiger partial charge in [0.2, 0.25) is 5.90 Å². The highest BCUT2D eigenvalue weighted by atomic mass is 16.5. The van der Waals surface area contributed by atoms with Crippen molar-refractivity contribution in [1.82, 2.24) is 0 Å². The van der Waals surface area contributed by atoms with Gasteiger partial charge in [0.1, 0.15) is 0 Å². The van der Waals surface area contributed by atoms with Gasteiger partial charge in [0.25, 0.3) is 0 Å². The average Bonchev–Trinajstić information content (AvgIpc) is 2.10. The molecule has 70 valence electrons. The Kier molecular flexibility index (Phi) is 3.07. The van der Waals surface area contributed by atoms with Crippen LogP contribution in [0, 0.1) is 19.3 Å². The quantitative estimate of drug-likeness (QED) is 0.546. The van der Waals surface area contributed by atoms with Crippen LogP contribution in [0.15, 0.2) is 18.2 Å². The van der Waals surface area contributed by atoms with Gasteiger partial charge in [-0.25, -0.2) is 0 Å². The van der Waals surface area contributed by atoms with E-state index >= 15 is 0 Å². The van der Waals surface area contributed by atoms with E-state index in [9.17, 15) is 0 Å². The maximum Gasteiger partial charge on any atom is 0.213 e. The molecular weight excluding hydrogens is 162 g/mol. The molecule has 13 heavy (non-hydrogen) atoms. The van der Waals surface area contributed by atoms with E-state index in [0.29, 0.717) is 6.61 Å². The zero-order valence-corrected chi connectivity index (χ0v) is 8.35. The summed E-state index contributed by atoms with van der Waals surface area (Å²) in [6, 6.07) is 5.91. The van der Waals surface area contributed by atoms with Gasteiger partial charge in [-0.2, -0.15) is 0 Å². The van der Waals surface area contributed by atoms with Crippen molar-refractivity contribution in [1.29, 1.82) is 5.41 Å². The number of hydrogen-bond donors (Lipinski definition) is 1. The summed E-state index contributed by atoms with van der Waals surface area (Å²) in [5, 5.41) is 7.57. The van der Waals surface area contributed by atoms with Crippen LogP contribution in [0.25, 0.3) is 0 Å². The first-order valence-electron chi connectivity index (χ1n) is 4.44. The number of rotatable bonds is 2. The average molecular weight is 177 g/mol. The van der Waals surface area contributed by atoms with Crippen LogP contribution in [0.5, 0.6) is 0 Å². The minimum atomic E-state index is 0.255. The molecule has 0 bridgehead atoms. The van der Waals surface area contributed by atoms with Crippen LogP contribution in [-0.2, 0) is 4.74 Å². The zero-order valence-electron chi connectivity index (χ0n) is 8.35. The standard InChI is InChI=1S/C11H15NO/c1-4-13-11(12)10-6-5-8(2)9(3)7-10/h5-7,12H,4H2,1-3H3. The van der Waals surface area contributed by atoms with Gasteiger partial charge in [-0.1, -0.05) is 6.07 Å². The summed E-state index contributed by atoms with van der Waals surface area (Å²) in [6.45, 7) is 6.53. The van der Waals surface area contributed by atoms with Gasteiger partial charge in [-0.3, -0.25) is 5.41 Å². The topological polar surface area (TPSA) is 33.1 Å². The number of hydrogen-bond acceptors (Lipinski definition) is 2. The Balaban J connectivity index is 2.90. The minimum absolute atomic E-state index is 0.255. The second-order valence-corrected chi connectivity index (χ2v) is 3.06. The highest BCUT2D eigenvalue weighted by Crippen LogP contribution is 2.10. The van der Waals surface area contributed by atoms with E-state index in [4.69, 9.17) is 10.1 Å². The van der Waals surface area contributed by atoms with Crippen molar-refractivity contribution < 1.29 is 4.74 Å². The molecule has 0 aliphatic rings. The Hall–Kier alpha value is -1.31. The molecule has 0 atom stereocenters. The van der Waals surface area contributed by atoms with Crippen molar-refractivity contribution in [2.45, 2.75) is 20.8 Å². The van der Waals surface area contributed by atoms with Crippen LogP contribution in [0.2, 0.25) is 0 Å². The maximum absolute atomic E-state index is 7.57. The first kappa shape index (κ1) is 9.78. The van der Waals surface area contributed by atoms with E-state index in [1.54, 1.807) is 0 Å². The fraction of sp³-hybridized carbons (Fsp3) is 0.364. The summed E-state index contributed by atoms with van der Waals surface area (Å²) < 4.78 is 5.11. The van der Waals surface area contributed by atoms with Gasteiger partial charge in [0, 0.05) is 5.56 Å². The van der Waals surface area contributed by atoms with Gasteiger partial charge < -0.3 is 4.74 Å². The van der Waals surface area contributed by atoms with Crippen molar-refractivity contribution >= 4 is 5.90 Å². The predicted octanol–water partition coefficient (Wildman–Crippen LogP) is 2.67. The molecule has 1 rings (SSSR count). The number of benzene rings is 1. The molecule has 0 saturated heterocycles. The molecule has 0 amide bonds. The van der Waals surface area contributed by atoms with Crippen LogP contribution in [-0.4, -0.2) is 12.5 Å². The summed E-state index contributed by atoms with van der Waals surface area (Å²) >= 11 is 0. The number of nitrogens with one attached hydrogen (secondary N) is 1. The lowest BCUT2D eigenvalue weighted by Gasteiger charge is -2.06. The van der Waals surface area contributed by atoms with Gasteiger partial charge >= 0.3 is 0 Å². The van der Waals surface area contributed by atoms with Gasteiger partial charge in [-0.05, 0) is 44.0 Å². The predicted molar refractivity (Wildman–Crippen MR) is 54.4 cm³/mol. The zero-order chi connectivity index (χ0) is 9.84. The van der Waals surface area contributed by atoms with E-state index in [2.05, 4.69) is 6.92 Å². The van der Waals surface area contributed by atoms with Gasteiger partial charge in [0.15, 0.2) is 0 Å². The molecular formula is C11H15NO. The SMILES string of the molecule is CCOC(=N)c1ccc(C)c(C)c1. The summed E-state index contributed by atoms with van der Waals surface area (Å²) in [6.07, 6.45) is 0. The molecule has 1 N–H and O–H groups in total. The fourth-order valence-corrected chi connectivity index (χ4v) is 1.11. The normalized spacial score (nSPS) is 9.77. The first-order chi connectivity index (χ1) is 6.15. The lowest BCUT2D eigenvalue weighted by molar-refractivity contribution is 0.325. The molecule has 0 aliphatic heterocycles. The summed E-state index contributed by atoms with van der Waals surface area (Å²) in [7, 11) is 0. The molecule has 0 unspecified atom stereocenters. The van der Waals surface area contributed by atoms with Crippen molar-refractivity contribution in [2.75, 3.05) is 6.61 Å². The molecule has 1 aromatic carbocycles. The molecule has 0 heterocycles. The molecule has 0 spiro atoms. The highest BCUT2D eigenvalue weighted by molar-refractivity contribution is 5.91. The third-order valence-corrected chi connectivity index (χ3v) is 2.06. The monoisotopic (exact) mass is 177 g/mol. The van der Waals surface area contributed by atoms with Gasteiger partial charge in [0.05, 0.1) is 6.61 Å². The minimum Gasteiger partial charge on any atom is -0.478 e. The Morgan fingerprint density at radius 2 is 2.00 bits per heavy atom. The number of ether oxygens (including phenoxy) is 1. The smallest absolute Gasteiger partial charge is 0.213 e. The molecule has 0 aliphatic carbocycles. The molecule has 0 aromatic heterocycles. The van der Waals surface area contributed by atoms with Crippen molar-refractivity contribution in [2.24, 2.45) is 0 Å². The molecule has 0 radical (unpaired) electrons. The summed E-state index contributed by atoms with van der Waals surface area (Å²) in [4.78, 5) is 0. The van der Waals surface area contributed by atoms with Crippen molar-refractivity contribution in [3.63, 3.8) is 0 Å². The van der Waals surface area contributed by atoms with Crippen LogP contribution in [0.4, 0.5) is 0 Å².